The van der Waals surface area contributed by atoms with Gasteiger partial charge in [-0.15, -0.1) is 0 Å². The van der Waals surface area contributed by atoms with E-state index in [-0.39, 0.29) is 6.42 Å². The molecule has 0 aliphatic heterocycles. The highest BCUT2D eigenvalue weighted by Crippen LogP contribution is 2.48. The molecule has 0 saturated carbocycles. The lowest BCUT2D eigenvalue weighted by Gasteiger charge is -2.17. The quantitative estimate of drug-likeness (QED) is 0.634. The Bertz CT molecular complexity index is 310. The number of allylic oxidation sites excluding steroid dienone is 5. The summed E-state index contributed by atoms with van der Waals surface area (Å²) in [6.45, 7) is 6.25. The molecule has 0 N–H and O–H groups in total. The standard InChI is InChI=1S/C11H13F3/c1-4-8-6-7(3)11(13,14)10(8)9(12)5-2/h4-5,7H,1,6H2,2-3H3/b9-5-. The summed E-state index contributed by atoms with van der Waals surface area (Å²) >= 11 is 0. The van der Waals surface area contributed by atoms with Crippen LogP contribution in [-0.4, -0.2) is 5.92 Å². The van der Waals surface area contributed by atoms with Gasteiger partial charge in [0.25, 0.3) is 5.92 Å². The van der Waals surface area contributed by atoms with E-state index in [0.29, 0.717) is 5.57 Å². The fourth-order valence-corrected chi connectivity index (χ4v) is 1.66. The maximum atomic E-state index is 13.5. The highest BCUT2D eigenvalue weighted by atomic mass is 19.3. The molecule has 0 radical (unpaired) electrons. The van der Waals surface area contributed by atoms with Crippen molar-refractivity contribution in [1.82, 2.24) is 0 Å². The lowest BCUT2D eigenvalue weighted by molar-refractivity contribution is -0.00115. The third kappa shape index (κ3) is 1.51. The first-order valence-corrected chi connectivity index (χ1v) is 4.51. The van der Waals surface area contributed by atoms with Gasteiger partial charge in [-0.2, -0.15) is 0 Å². The second-order valence-corrected chi connectivity index (χ2v) is 3.47. The molecule has 0 aromatic carbocycles. The summed E-state index contributed by atoms with van der Waals surface area (Å²) in [5, 5.41) is 0. The van der Waals surface area contributed by atoms with E-state index in [1.54, 1.807) is 0 Å². The minimum atomic E-state index is -3.07. The lowest BCUT2D eigenvalue weighted by Crippen LogP contribution is -2.23. The third-order valence-electron chi connectivity index (χ3n) is 2.54. The van der Waals surface area contributed by atoms with E-state index in [9.17, 15) is 13.2 Å². The maximum absolute atomic E-state index is 13.5. The SMILES string of the molecule is C=CC1=C(/C(F)=C/C)C(F)(F)C(C)C1. The Morgan fingerprint density at radius 3 is 2.57 bits per heavy atom. The second-order valence-electron chi connectivity index (χ2n) is 3.47. The molecule has 0 nitrogen and oxygen atoms in total. The average molecular weight is 202 g/mol. The molecule has 3 heteroatoms. The van der Waals surface area contributed by atoms with Gasteiger partial charge in [-0.25, -0.2) is 13.2 Å². The molecule has 1 atom stereocenters. The van der Waals surface area contributed by atoms with Crippen molar-refractivity contribution in [3.05, 3.63) is 35.7 Å². The van der Waals surface area contributed by atoms with Crippen LogP contribution in [0.1, 0.15) is 20.3 Å². The van der Waals surface area contributed by atoms with Gasteiger partial charge in [0.2, 0.25) is 0 Å². The predicted molar refractivity (Wildman–Crippen MR) is 50.8 cm³/mol. The molecule has 0 amide bonds. The van der Waals surface area contributed by atoms with Crippen LogP contribution < -0.4 is 0 Å². The van der Waals surface area contributed by atoms with Crippen LogP contribution in [0, 0.1) is 5.92 Å². The molecule has 0 saturated heterocycles. The zero-order chi connectivity index (χ0) is 10.9. The average Bonchev–Trinajstić information content (AvgIpc) is 2.37. The van der Waals surface area contributed by atoms with Gasteiger partial charge in [0.05, 0.1) is 5.57 Å². The number of halogens is 3. The zero-order valence-corrected chi connectivity index (χ0v) is 8.28. The minimum Gasteiger partial charge on any atom is -0.207 e. The Hall–Kier alpha value is -0.990. The monoisotopic (exact) mass is 202 g/mol. The Kier molecular flexibility index (Phi) is 2.88. The summed E-state index contributed by atoms with van der Waals surface area (Å²) in [4.78, 5) is 0. The van der Waals surface area contributed by atoms with Crippen molar-refractivity contribution in [1.29, 1.82) is 0 Å². The molecule has 0 spiro atoms. The molecule has 0 fully saturated rings. The summed E-state index contributed by atoms with van der Waals surface area (Å²) in [5.74, 6) is -4.76. The first-order valence-electron chi connectivity index (χ1n) is 4.51. The van der Waals surface area contributed by atoms with Crippen molar-refractivity contribution in [3.8, 4) is 0 Å². The van der Waals surface area contributed by atoms with Crippen LogP contribution in [0.15, 0.2) is 35.7 Å². The highest BCUT2D eigenvalue weighted by molar-refractivity contribution is 5.45. The molecule has 0 bridgehead atoms. The molecule has 0 aromatic heterocycles. The fraction of sp³-hybridized carbons (Fsp3) is 0.455. The van der Waals surface area contributed by atoms with Crippen molar-refractivity contribution in [2.75, 3.05) is 0 Å². The van der Waals surface area contributed by atoms with Gasteiger partial charge in [-0.1, -0.05) is 25.7 Å². The first kappa shape index (κ1) is 11.1. The van der Waals surface area contributed by atoms with Crippen LogP contribution in [0.2, 0.25) is 0 Å². The van der Waals surface area contributed by atoms with Crippen molar-refractivity contribution in [2.24, 2.45) is 5.92 Å². The molecule has 78 valence electrons. The number of rotatable bonds is 2. The Balaban J connectivity index is 3.25. The van der Waals surface area contributed by atoms with Crippen molar-refractivity contribution >= 4 is 0 Å². The molecule has 0 aromatic rings. The normalized spacial score (nSPS) is 26.9. The van der Waals surface area contributed by atoms with Gasteiger partial charge in [0.15, 0.2) is 0 Å². The van der Waals surface area contributed by atoms with Crippen molar-refractivity contribution in [2.45, 2.75) is 26.2 Å². The van der Waals surface area contributed by atoms with Gasteiger partial charge in [0, 0.05) is 5.92 Å². The Morgan fingerprint density at radius 1 is 1.57 bits per heavy atom. The van der Waals surface area contributed by atoms with Crippen LogP contribution in [0.5, 0.6) is 0 Å². The summed E-state index contributed by atoms with van der Waals surface area (Å²) in [6, 6.07) is 0. The van der Waals surface area contributed by atoms with E-state index < -0.39 is 23.2 Å². The third-order valence-corrected chi connectivity index (χ3v) is 2.54. The number of alkyl halides is 2. The highest BCUT2D eigenvalue weighted by Gasteiger charge is 2.48. The van der Waals surface area contributed by atoms with Crippen molar-refractivity contribution in [3.63, 3.8) is 0 Å². The van der Waals surface area contributed by atoms with Crippen LogP contribution in [0.3, 0.4) is 0 Å². The van der Waals surface area contributed by atoms with Gasteiger partial charge < -0.3 is 0 Å². The van der Waals surface area contributed by atoms with Gasteiger partial charge in [-0.3, -0.25) is 0 Å². The molecule has 14 heavy (non-hydrogen) atoms. The van der Waals surface area contributed by atoms with Crippen LogP contribution in [0.4, 0.5) is 13.2 Å². The Labute approximate surface area is 81.8 Å². The minimum absolute atomic E-state index is 0.188. The zero-order valence-electron chi connectivity index (χ0n) is 8.28. The molecule has 1 rings (SSSR count). The van der Waals surface area contributed by atoms with E-state index in [4.69, 9.17) is 0 Å². The molecule has 1 aliphatic carbocycles. The van der Waals surface area contributed by atoms with Crippen LogP contribution in [0.25, 0.3) is 0 Å². The van der Waals surface area contributed by atoms with E-state index in [0.717, 1.165) is 6.08 Å². The second kappa shape index (κ2) is 3.64. The van der Waals surface area contributed by atoms with Crippen LogP contribution in [-0.2, 0) is 0 Å². The Morgan fingerprint density at radius 2 is 2.14 bits per heavy atom. The van der Waals surface area contributed by atoms with E-state index in [1.807, 2.05) is 0 Å². The molecule has 1 aliphatic rings. The number of hydrogen-bond acceptors (Lipinski definition) is 0. The summed E-state index contributed by atoms with van der Waals surface area (Å²) < 4.78 is 40.2. The summed E-state index contributed by atoms with van der Waals surface area (Å²) in [5.41, 5.74) is -0.166. The lowest BCUT2D eigenvalue weighted by atomic mass is 10.0. The van der Waals surface area contributed by atoms with E-state index >= 15 is 0 Å². The largest absolute Gasteiger partial charge is 0.279 e. The van der Waals surface area contributed by atoms with Crippen molar-refractivity contribution < 1.29 is 13.2 Å². The molecule has 1 unspecified atom stereocenters. The van der Waals surface area contributed by atoms with Gasteiger partial charge in [0.1, 0.15) is 5.83 Å². The fourth-order valence-electron chi connectivity index (χ4n) is 1.66. The smallest absolute Gasteiger partial charge is 0.207 e. The predicted octanol–water partition coefficient (Wildman–Crippen LogP) is 4.02. The van der Waals surface area contributed by atoms with Crippen LogP contribution >= 0.6 is 0 Å². The summed E-state index contributed by atoms with van der Waals surface area (Å²) in [6.07, 6.45) is 2.56. The van der Waals surface area contributed by atoms with Gasteiger partial charge in [-0.05, 0) is 18.9 Å². The first-order chi connectivity index (χ1) is 6.45. The molecular weight excluding hydrogens is 189 g/mol. The number of hydrogen-bond donors (Lipinski definition) is 0. The topological polar surface area (TPSA) is 0 Å². The maximum Gasteiger partial charge on any atom is 0.279 e. The molecule has 0 heterocycles. The van der Waals surface area contributed by atoms with Gasteiger partial charge >= 0.3 is 0 Å². The van der Waals surface area contributed by atoms with E-state index in [2.05, 4.69) is 6.58 Å². The summed E-state index contributed by atoms with van der Waals surface area (Å²) in [7, 11) is 0. The van der Waals surface area contributed by atoms with E-state index in [1.165, 1.54) is 19.9 Å². The molecular formula is C11H13F3.